The van der Waals surface area contributed by atoms with E-state index in [0.29, 0.717) is 12.5 Å². The minimum atomic E-state index is -0.609. The molecule has 1 aliphatic heterocycles. The lowest BCUT2D eigenvalue weighted by molar-refractivity contribution is 0.431. The summed E-state index contributed by atoms with van der Waals surface area (Å²) >= 11 is 0. The Morgan fingerprint density at radius 1 is 1.48 bits per heavy atom. The van der Waals surface area contributed by atoms with Crippen LogP contribution in [0.4, 0.5) is 4.39 Å². The van der Waals surface area contributed by atoms with Gasteiger partial charge in [0.15, 0.2) is 17.5 Å². The first-order valence-electron chi connectivity index (χ1n) is 7.98. The molecule has 6 nitrogen and oxygen atoms in total. The molecule has 8 heteroatoms. The number of benzene rings is 1. The number of halogens is 2. The molecule has 0 saturated carbocycles. The number of likely N-dealkylation sites (tertiary alicyclic amines) is 1. The summed E-state index contributed by atoms with van der Waals surface area (Å²) in [5, 5.41) is 16.7. The second-order valence-electron chi connectivity index (χ2n) is 6.07. The standard InChI is InChI=1S/C17H22FN5O.HI/c1-19-17(20-8-12-3-4-16(24)15(18)7-12)23-6-5-13(11-23)14-9-21-22(2)10-14;/h3-4,7,9-10,13,24H,5-6,8,11H2,1-2H3,(H,19,20);1H. The number of nitrogens with one attached hydrogen (secondary N) is 1. The summed E-state index contributed by atoms with van der Waals surface area (Å²) < 4.78 is 15.2. The molecule has 1 atom stereocenters. The maximum absolute atomic E-state index is 13.4. The Bertz CT molecular complexity index is 748. The minimum absolute atomic E-state index is 0. The number of hydrogen-bond donors (Lipinski definition) is 2. The van der Waals surface area contributed by atoms with E-state index in [1.807, 2.05) is 17.9 Å². The fourth-order valence-electron chi connectivity index (χ4n) is 3.05. The van der Waals surface area contributed by atoms with Crippen molar-refractivity contribution < 1.29 is 9.50 Å². The van der Waals surface area contributed by atoms with Crippen molar-refractivity contribution in [2.75, 3.05) is 20.1 Å². The molecule has 25 heavy (non-hydrogen) atoms. The first kappa shape index (κ1) is 19.5. The van der Waals surface area contributed by atoms with E-state index in [9.17, 15) is 9.50 Å². The van der Waals surface area contributed by atoms with Crippen molar-refractivity contribution in [2.24, 2.45) is 12.0 Å². The SMILES string of the molecule is CN=C(NCc1ccc(O)c(F)c1)N1CCC(c2cnn(C)c2)C1.I. The van der Waals surface area contributed by atoms with Gasteiger partial charge < -0.3 is 15.3 Å². The molecule has 2 N–H and O–H groups in total. The lowest BCUT2D eigenvalue weighted by atomic mass is 10.0. The van der Waals surface area contributed by atoms with Gasteiger partial charge >= 0.3 is 0 Å². The maximum Gasteiger partial charge on any atom is 0.193 e. The number of hydrogen-bond acceptors (Lipinski definition) is 3. The van der Waals surface area contributed by atoms with Crippen LogP contribution in [0, 0.1) is 5.82 Å². The number of phenolic OH excluding ortho intramolecular Hbond substituents is 1. The lowest BCUT2D eigenvalue weighted by Gasteiger charge is -2.21. The zero-order chi connectivity index (χ0) is 17.1. The molecule has 2 heterocycles. The van der Waals surface area contributed by atoms with Crippen molar-refractivity contribution in [3.8, 4) is 5.75 Å². The topological polar surface area (TPSA) is 65.7 Å². The highest BCUT2D eigenvalue weighted by molar-refractivity contribution is 14.0. The third kappa shape index (κ3) is 4.62. The monoisotopic (exact) mass is 459 g/mol. The van der Waals surface area contributed by atoms with Gasteiger partial charge in [-0.1, -0.05) is 6.07 Å². The van der Waals surface area contributed by atoms with Gasteiger partial charge in [0.25, 0.3) is 0 Å². The van der Waals surface area contributed by atoms with E-state index in [-0.39, 0.29) is 29.7 Å². The normalized spacial score (nSPS) is 17.5. The number of nitrogens with zero attached hydrogens (tertiary/aromatic N) is 4. The van der Waals surface area contributed by atoms with E-state index >= 15 is 0 Å². The Balaban J connectivity index is 0.00000225. The molecular weight excluding hydrogens is 436 g/mol. The van der Waals surface area contributed by atoms with Crippen LogP contribution in [0.15, 0.2) is 35.6 Å². The Kier molecular flexibility index (Phi) is 6.63. The molecule has 0 bridgehead atoms. The number of rotatable bonds is 3. The van der Waals surface area contributed by atoms with Crippen molar-refractivity contribution >= 4 is 29.9 Å². The molecule has 1 saturated heterocycles. The third-order valence-electron chi connectivity index (χ3n) is 4.36. The summed E-state index contributed by atoms with van der Waals surface area (Å²) in [5.41, 5.74) is 2.01. The zero-order valence-corrected chi connectivity index (χ0v) is 16.6. The van der Waals surface area contributed by atoms with E-state index in [4.69, 9.17) is 0 Å². The average molecular weight is 459 g/mol. The van der Waals surface area contributed by atoms with Gasteiger partial charge in [-0.3, -0.25) is 9.67 Å². The molecule has 0 aliphatic carbocycles. The fourth-order valence-corrected chi connectivity index (χ4v) is 3.05. The van der Waals surface area contributed by atoms with Crippen molar-refractivity contribution in [1.82, 2.24) is 20.0 Å². The van der Waals surface area contributed by atoms with Crippen molar-refractivity contribution in [3.05, 3.63) is 47.5 Å². The number of aliphatic imine (C=N–C) groups is 1. The first-order valence-corrected chi connectivity index (χ1v) is 7.98. The van der Waals surface area contributed by atoms with Crippen LogP contribution in [0.2, 0.25) is 0 Å². The Morgan fingerprint density at radius 3 is 2.92 bits per heavy atom. The van der Waals surface area contributed by atoms with Gasteiger partial charge in [0, 0.05) is 45.8 Å². The second-order valence-corrected chi connectivity index (χ2v) is 6.07. The molecule has 1 fully saturated rings. The Hall–Kier alpha value is -1.84. The van der Waals surface area contributed by atoms with Crippen molar-refractivity contribution in [1.29, 1.82) is 0 Å². The second kappa shape index (κ2) is 8.50. The molecular formula is C17H23FIN5O. The van der Waals surface area contributed by atoms with Crippen molar-refractivity contribution in [3.63, 3.8) is 0 Å². The summed E-state index contributed by atoms with van der Waals surface area (Å²) in [6.45, 7) is 2.26. The van der Waals surface area contributed by atoms with E-state index in [1.54, 1.807) is 13.1 Å². The van der Waals surface area contributed by atoms with Gasteiger partial charge in [-0.25, -0.2) is 4.39 Å². The predicted octanol–water partition coefficient (Wildman–Crippen LogP) is 2.45. The summed E-state index contributed by atoms with van der Waals surface area (Å²) in [4.78, 5) is 6.53. The molecule has 1 aromatic heterocycles. The summed E-state index contributed by atoms with van der Waals surface area (Å²) in [6.07, 6.45) is 5.04. The van der Waals surface area contributed by atoms with Crippen LogP contribution in [0.25, 0.3) is 0 Å². The highest BCUT2D eigenvalue weighted by Gasteiger charge is 2.26. The third-order valence-corrected chi connectivity index (χ3v) is 4.36. The number of aryl methyl sites for hydroxylation is 1. The molecule has 3 rings (SSSR count). The van der Waals surface area contributed by atoms with E-state index in [2.05, 4.69) is 26.5 Å². The summed E-state index contributed by atoms with van der Waals surface area (Å²) in [5.74, 6) is 0.308. The van der Waals surface area contributed by atoms with Crippen LogP contribution in [0.5, 0.6) is 5.75 Å². The molecule has 1 aromatic carbocycles. The summed E-state index contributed by atoms with van der Waals surface area (Å²) in [7, 11) is 3.67. The fraction of sp³-hybridized carbons (Fsp3) is 0.412. The smallest absolute Gasteiger partial charge is 0.193 e. The molecule has 0 spiro atoms. The van der Waals surface area contributed by atoms with Crippen LogP contribution >= 0.6 is 24.0 Å². The van der Waals surface area contributed by atoms with Gasteiger partial charge in [-0.15, -0.1) is 24.0 Å². The van der Waals surface area contributed by atoms with Gasteiger partial charge in [-0.2, -0.15) is 5.10 Å². The molecule has 1 aliphatic rings. The number of aromatic hydroxyl groups is 1. The van der Waals surface area contributed by atoms with Crippen LogP contribution in [0.1, 0.15) is 23.5 Å². The number of aromatic nitrogens is 2. The van der Waals surface area contributed by atoms with E-state index in [1.165, 1.54) is 17.7 Å². The van der Waals surface area contributed by atoms with Gasteiger partial charge in [-0.05, 0) is 29.7 Å². The molecule has 136 valence electrons. The lowest BCUT2D eigenvalue weighted by Crippen LogP contribution is -2.39. The molecule has 1 unspecified atom stereocenters. The zero-order valence-electron chi connectivity index (χ0n) is 14.3. The molecule has 0 amide bonds. The Labute approximate surface area is 163 Å². The highest BCUT2D eigenvalue weighted by atomic mass is 127. The van der Waals surface area contributed by atoms with Gasteiger partial charge in [0.2, 0.25) is 0 Å². The predicted molar refractivity (Wildman–Crippen MR) is 106 cm³/mol. The van der Waals surface area contributed by atoms with Gasteiger partial charge in [0.1, 0.15) is 0 Å². The van der Waals surface area contributed by atoms with Crippen molar-refractivity contribution in [2.45, 2.75) is 18.9 Å². The maximum atomic E-state index is 13.4. The summed E-state index contributed by atoms with van der Waals surface area (Å²) in [6, 6.07) is 4.39. The molecule has 0 radical (unpaired) electrons. The van der Waals surface area contributed by atoms with Crippen LogP contribution in [-0.4, -0.2) is 45.9 Å². The van der Waals surface area contributed by atoms with Crippen LogP contribution in [0.3, 0.4) is 0 Å². The quantitative estimate of drug-likeness (QED) is 0.421. The first-order chi connectivity index (χ1) is 11.6. The Morgan fingerprint density at radius 2 is 2.28 bits per heavy atom. The van der Waals surface area contributed by atoms with Gasteiger partial charge in [0.05, 0.1) is 6.20 Å². The highest BCUT2D eigenvalue weighted by Crippen LogP contribution is 2.26. The van der Waals surface area contributed by atoms with Crippen LogP contribution < -0.4 is 5.32 Å². The average Bonchev–Trinajstić information content (AvgIpc) is 3.20. The van der Waals surface area contributed by atoms with Crippen LogP contribution in [-0.2, 0) is 13.6 Å². The van der Waals surface area contributed by atoms with E-state index in [0.717, 1.165) is 31.0 Å². The number of phenols is 1. The van der Waals surface area contributed by atoms with E-state index < -0.39 is 5.82 Å². The minimum Gasteiger partial charge on any atom is -0.505 e. The molecule has 2 aromatic rings. The number of guanidine groups is 1. The largest absolute Gasteiger partial charge is 0.505 e.